The largest absolute Gasteiger partial charge is 0.480 e. The molecule has 0 spiro atoms. The predicted octanol–water partition coefficient (Wildman–Crippen LogP) is 3.05. The molecule has 0 radical (unpaired) electrons. The summed E-state index contributed by atoms with van der Waals surface area (Å²) >= 11 is 1.29. The third-order valence-corrected chi connectivity index (χ3v) is 6.31. The molecule has 0 aliphatic heterocycles. The Balaban J connectivity index is 1.71. The molecule has 3 aromatic heterocycles. The Morgan fingerprint density at radius 2 is 1.97 bits per heavy atom. The molecular weight excluding hydrogens is 430 g/mol. The van der Waals surface area contributed by atoms with E-state index in [1.807, 2.05) is 19.9 Å². The second-order valence-electron chi connectivity index (χ2n) is 7.17. The first-order chi connectivity index (χ1) is 15.5. The van der Waals surface area contributed by atoms with E-state index in [1.54, 1.807) is 30.2 Å². The topological polar surface area (TPSA) is 110 Å². The highest BCUT2D eigenvalue weighted by Gasteiger charge is 2.25. The first kappa shape index (κ1) is 21.8. The fourth-order valence-electron chi connectivity index (χ4n) is 3.55. The fraction of sp³-hybridized carbons (Fsp3) is 0.318. The second-order valence-corrected chi connectivity index (χ2v) is 8.17. The summed E-state index contributed by atoms with van der Waals surface area (Å²) in [6.07, 6.45) is 0. The minimum Gasteiger partial charge on any atom is -0.480 e. The van der Waals surface area contributed by atoms with Gasteiger partial charge in [-0.1, -0.05) is 12.1 Å². The van der Waals surface area contributed by atoms with Gasteiger partial charge in [0.25, 0.3) is 11.5 Å². The van der Waals surface area contributed by atoms with Crippen molar-refractivity contribution in [3.63, 3.8) is 0 Å². The van der Waals surface area contributed by atoms with Gasteiger partial charge in [0, 0.05) is 13.7 Å². The first-order valence-corrected chi connectivity index (χ1v) is 10.9. The maximum absolute atomic E-state index is 13.4. The van der Waals surface area contributed by atoms with Crippen LogP contribution < -0.4 is 10.3 Å². The number of aromatic nitrogens is 4. The number of H-pyrrole nitrogens is 1. The Labute approximate surface area is 188 Å². The lowest BCUT2D eigenvalue weighted by Gasteiger charge is -2.20. The molecule has 0 atom stereocenters. The molecule has 0 bridgehead atoms. The summed E-state index contributed by atoms with van der Waals surface area (Å²) in [5.74, 6) is 1.17. The second kappa shape index (κ2) is 9.01. The van der Waals surface area contributed by atoms with Crippen molar-refractivity contribution >= 4 is 38.4 Å². The number of rotatable bonds is 7. The Bertz CT molecular complexity index is 1360. The van der Waals surface area contributed by atoms with Crippen LogP contribution in [0.4, 0.5) is 0 Å². The van der Waals surface area contributed by atoms with Gasteiger partial charge in [-0.3, -0.25) is 9.59 Å². The van der Waals surface area contributed by atoms with Gasteiger partial charge < -0.3 is 19.4 Å². The number of aryl methyl sites for hydroxylation is 1. The molecule has 1 N–H and O–H groups in total. The van der Waals surface area contributed by atoms with Gasteiger partial charge in [0.1, 0.15) is 17.3 Å². The lowest BCUT2D eigenvalue weighted by molar-refractivity contribution is 0.0753. The van der Waals surface area contributed by atoms with Crippen LogP contribution in [-0.2, 0) is 17.9 Å². The average molecular weight is 454 g/mol. The number of fused-ring (bicyclic) bond motifs is 2. The van der Waals surface area contributed by atoms with Gasteiger partial charge in [0.05, 0.1) is 34.8 Å². The molecule has 0 aliphatic rings. The van der Waals surface area contributed by atoms with Crippen molar-refractivity contribution in [3.8, 4) is 5.88 Å². The van der Waals surface area contributed by atoms with Crippen LogP contribution in [0.3, 0.4) is 0 Å². The number of para-hydroxylation sites is 1. The van der Waals surface area contributed by atoms with Gasteiger partial charge >= 0.3 is 0 Å². The van der Waals surface area contributed by atoms with E-state index in [1.165, 1.54) is 18.4 Å². The lowest BCUT2D eigenvalue weighted by atomic mass is 10.2. The van der Waals surface area contributed by atoms with E-state index in [0.29, 0.717) is 50.1 Å². The standard InChI is InChI=1S/C22H23N5O4S/c1-5-27(10-15-23-14-9-7-6-8-13(14)19(28)24-15)22(29)18-12(2)17-20(31-4)25-16(11-30-3)26-21(17)32-18/h6-9H,5,10-11H2,1-4H3,(H,23,24,28). The molecule has 9 nitrogen and oxygen atoms in total. The SMILES string of the molecule is CCN(Cc1nc2ccccc2c(=O)[nH]1)C(=O)c1sc2nc(COC)nc(OC)c2c1C. The summed E-state index contributed by atoms with van der Waals surface area (Å²) in [6.45, 7) is 4.62. The van der Waals surface area contributed by atoms with Crippen LogP contribution in [0.25, 0.3) is 21.1 Å². The minimum absolute atomic E-state index is 0.167. The summed E-state index contributed by atoms with van der Waals surface area (Å²) in [4.78, 5) is 44.9. The number of carbonyl (C=O) groups is 1. The van der Waals surface area contributed by atoms with Crippen LogP contribution in [0.1, 0.15) is 33.8 Å². The molecular formula is C22H23N5O4S. The zero-order valence-corrected chi connectivity index (χ0v) is 19.1. The van der Waals surface area contributed by atoms with Gasteiger partial charge in [0.15, 0.2) is 5.82 Å². The molecule has 0 unspecified atom stereocenters. The number of amides is 1. The van der Waals surface area contributed by atoms with Crippen LogP contribution in [0.2, 0.25) is 0 Å². The lowest BCUT2D eigenvalue weighted by Crippen LogP contribution is -2.31. The number of benzene rings is 1. The Hall–Kier alpha value is -3.37. The zero-order chi connectivity index (χ0) is 22.8. The van der Waals surface area contributed by atoms with Gasteiger partial charge in [-0.25, -0.2) is 9.97 Å². The van der Waals surface area contributed by atoms with Gasteiger partial charge in [-0.15, -0.1) is 11.3 Å². The van der Waals surface area contributed by atoms with E-state index in [0.717, 1.165) is 5.56 Å². The van der Waals surface area contributed by atoms with Crippen molar-refractivity contribution in [3.05, 3.63) is 56.7 Å². The van der Waals surface area contributed by atoms with Crippen molar-refractivity contribution in [2.75, 3.05) is 20.8 Å². The zero-order valence-electron chi connectivity index (χ0n) is 18.3. The molecule has 0 aliphatic carbocycles. The molecule has 32 heavy (non-hydrogen) atoms. The Morgan fingerprint density at radius 1 is 1.19 bits per heavy atom. The number of thiophene rings is 1. The Morgan fingerprint density at radius 3 is 2.69 bits per heavy atom. The summed E-state index contributed by atoms with van der Waals surface area (Å²) in [5, 5.41) is 1.23. The van der Waals surface area contributed by atoms with Crippen molar-refractivity contribution in [2.24, 2.45) is 0 Å². The maximum Gasteiger partial charge on any atom is 0.264 e. The molecule has 0 fully saturated rings. The molecule has 4 aromatic rings. The van der Waals surface area contributed by atoms with Crippen LogP contribution in [0.5, 0.6) is 5.88 Å². The van der Waals surface area contributed by atoms with Crippen molar-refractivity contribution in [2.45, 2.75) is 27.0 Å². The normalized spacial score (nSPS) is 11.2. The molecule has 1 aromatic carbocycles. The molecule has 0 saturated carbocycles. The third-order valence-electron chi connectivity index (χ3n) is 5.14. The molecule has 166 valence electrons. The molecule has 1 amide bonds. The van der Waals surface area contributed by atoms with Gasteiger partial charge in [-0.05, 0) is 31.5 Å². The number of carbonyl (C=O) groups excluding carboxylic acids is 1. The molecule has 3 heterocycles. The van der Waals surface area contributed by atoms with Gasteiger partial charge in [0.2, 0.25) is 5.88 Å². The number of hydrogen-bond acceptors (Lipinski definition) is 8. The van der Waals surface area contributed by atoms with E-state index in [-0.39, 0.29) is 24.6 Å². The molecule has 10 heteroatoms. The molecule has 0 saturated heterocycles. The summed E-state index contributed by atoms with van der Waals surface area (Å²) in [5.41, 5.74) is 1.13. The maximum atomic E-state index is 13.4. The smallest absolute Gasteiger partial charge is 0.264 e. The highest BCUT2D eigenvalue weighted by atomic mass is 32.1. The number of aromatic amines is 1. The van der Waals surface area contributed by atoms with Crippen molar-refractivity contribution in [1.29, 1.82) is 0 Å². The van der Waals surface area contributed by atoms with Crippen LogP contribution in [0, 0.1) is 6.92 Å². The highest BCUT2D eigenvalue weighted by Crippen LogP contribution is 2.35. The van der Waals surface area contributed by atoms with E-state index in [2.05, 4.69) is 19.9 Å². The number of nitrogens with one attached hydrogen (secondary N) is 1. The number of hydrogen-bond donors (Lipinski definition) is 1. The number of methoxy groups -OCH3 is 2. The van der Waals surface area contributed by atoms with E-state index < -0.39 is 0 Å². The van der Waals surface area contributed by atoms with E-state index in [4.69, 9.17) is 9.47 Å². The van der Waals surface area contributed by atoms with Crippen molar-refractivity contribution < 1.29 is 14.3 Å². The van der Waals surface area contributed by atoms with Crippen LogP contribution in [0.15, 0.2) is 29.1 Å². The van der Waals surface area contributed by atoms with Gasteiger partial charge in [-0.2, -0.15) is 4.98 Å². The summed E-state index contributed by atoms with van der Waals surface area (Å²) < 4.78 is 10.6. The fourth-order valence-corrected chi connectivity index (χ4v) is 4.71. The van der Waals surface area contributed by atoms with E-state index >= 15 is 0 Å². The van der Waals surface area contributed by atoms with Crippen LogP contribution >= 0.6 is 11.3 Å². The average Bonchev–Trinajstić information content (AvgIpc) is 3.13. The highest BCUT2D eigenvalue weighted by molar-refractivity contribution is 7.20. The third kappa shape index (κ3) is 3.94. The first-order valence-electron chi connectivity index (χ1n) is 10.1. The number of nitrogens with zero attached hydrogens (tertiary/aromatic N) is 4. The van der Waals surface area contributed by atoms with E-state index in [9.17, 15) is 9.59 Å². The summed E-state index contributed by atoms with van der Waals surface area (Å²) in [6, 6.07) is 7.12. The Kier molecular flexibility index (Phi) is 6.15. The van der Waals surface area contributed by atoms with Crippen molar-refractivity contribution in [1.82, 2.24) is 24.8 Å². The number of ether oxygens (including phenoxy) is 2. The monoisotopic (exact) mass is 453 g/mol. The quantitative estimate of drug-likeness (QED) is 0.458. The minimum atomic E-state index is -0.224. The summed E-state index contributed by atoms with van der Waals surface area (Å²) in [7, 11) is 3.11. The predicted molar refractivity (Wildman–Crippen MR) is 122 cm³/mol. The van der Waals surface area contributed by atoms with Crippen LogP contribution in [-0.4, -0.2) is 51.5 Å². The molecule has 4 rings (SSSR count).